The molecule has 0 aliphatic heterocycles. The van der Waals surface area contributed by atoms with Crippen LogP contribution in [0, 0.1) is 11.7 Å². The lowest BCUT2D eigenvalue weighted by molar-refractivity contribution is -0.139. The standard InChI is InChI=1S/C29H34FN3O5S/c1-21(2)18-31-29(35)22(3)32(19-23-10-14-26(38-4)15-11-23)28(34)20-33(25-8-6-5-7-9-25)39(36,37)27-16-12-24(30)13-17-27/h5-17,21-22H,18-20H2,1-4H3,(H,31,35). The van der Waals surface area contributed by atoms with Crippen LogP contribution in [0.1, 0.15) is 26.3 Å². The lowest BCUT2D eigenvalue weighted by atomic mass is 10.1. The second-order valence-electron chi connectivity index (χ2n) is 9.49. The van der Waals surface area contributed by atoms with Crippen LogP contribution in [0.3, 0.4) is 0 Å². The van der Waals surface area contributed by atoms with Gasteiger partial charge in [-0.3, -0.25) is 13.9 Å². The topological polar surface area (TPSA) is 96.0 Å². The van der Waals surface area contributed by atoms with Crippen molar-refractivity contribution < 1.29 is 27.1 Å². The molecular weight excluding hydrogens is 521 g/mol. The molecule has 0 aliphatic rings. The summed E-state index contributed by atoms with van der Waals surface area (Å²) >= 11 is 0. The molecule has 1 atom stereocenters. The lowest BCUT2D eigenvalue weighted by Gasteiger charge is -2.32. The molecule has 0 spiro atoms. The average Bonchev–Trinajstić information content (AvgIpc) is 2.93. The van der Waals surface area contributed by atoms with Crippen LogP contribution >= 0.6 is 0 Å². The van der Waals surface area contributed by atoms with E-state index in [1.807, 2.05) is 13.8 Å². The summed E-state index contributed by atoms with van der Waals surface area (Å²) in [5, 5.41) is 2.85. The Bertz CT molecular complexity index is 1350. The first-order valence-corrected chi connectivity index (χ1v) is 14.0. The molecule has 3 aromatic carbocycles. The van der Waals surface area contributed by atoms with Crippen molar-refractivity contribution in [3.8, 4) is 5.75 Å². The van der Waals surface area contributed by atoms with E-state index in [4.69, 9.17) is 4.74 Å². The Morgan fingerprint density at radius 3 is 2.10 bits per heavy atom. The van der Waals surface area contributed by atoms with Crippen LogP contribution < -0.4 is 14.4 Å². The number of ether oxygens (including phenoxy) is 1. The molecule has 0 bridgehead atoms. The number of methoxy groups -OCH3 is 1. The number of nitrogens with zero attached hydrogens (tertiary/aromatic N) is 2. The highest BCUT2D eigenvalue weighted by atomic mass is 32.2. The Balaban J connectivity index is 1.97. The third-order valence-electron chi connectivity index (χ3n) is 6.09. The third kappa shape index (κ3) is 7.79. The summed E-state index contributed by atoms with van der Waals surface area (Å²) in [6.07, 6.45) is 0. The predicted octanol–water partition coefficient (Wildman–Crippen LogP) is 4.22. The Kier molecular flexibility index (Phi) is 10.1. The number of carbonyl (C=O) groups excluding carboxylic acids is 2. The van der Waals surface area contributed by atoms with Crippen molar-refractivity contribution in [3.05, 3.63) is 90.2 Å². The van der Waals surface area contributed by atoms with E-state index in [0.717, 1.165) is 34.1 Å². The molecule has 10 heteroatoms. The maximum absolute atomic E-state index is 13.8. The Morgan fingerprint density at radius 2 is 1.54 bits per heavy atom. The first kappa shape index (κ1) is 29.6. The van der Waals surface area contributed by atoms with E-state index >= 15 is 0 Å². The Morgan fingerprint density at radius 1 is 0.923 bits per heavy atom. The van der Waals surface area contributed by atoms with Crippen LogP contribution in [0.4, 0.5) is 10.1 Å². The van der Waals surface area contributed by atoms with Gasteiger partial charge < -0.3 is 15.0 Å². The van der Waals surface area contributed by atoms with Gasteiger partial charge in [-0.15, -0.1) is 0 Å². The van der Waals surface area contributed by atoms with Gasteiger partial charge in [0.2, 0.25) is 11.8 Å². The fraction of sp³-hybridized carbons (Fsp3) is 0.310. The van der Waals surface area contributed by atoms with Gasteiger partial charge >= 0.3 is 0 Å². The Labute approximate surface area is 229 Å². The number of para-hydroxylation sites is 1. The fourth-order valence-corrected chi connectivity index (χ4v) is 5.23. The molecule has 0 saturated carbocycles. The minimum absolute atomic E-state index is 0.0678. The highest BCUT2D eigenvalue weighted by molar-refractivity contribution is 7.92. The summed E-state index contributed by atoms with van der Waals surface area (Å²) in [5.41, 5.74) is 0.997. The normalized spacial score (nSPS) is 12.1. The summed E-state index contributed by atoms with van der Waals surface area (Å²) in [4.78, 5) is 28.0. The molecule has 2 amide bonds. The molecule has 0 radical (unpaired) electrons. The Hall–Kier alpha value is -3.92. The van der Waals surface area contributed by atoms with Crippen molar-refractivity contribution in [3.63, 3.8) is 0 Å². The molecule has 0 fully saturated rings. The van der Waals surface area contributed by atoms with E-state index in [0.29, 0.717) is 12.3 Å². The summed E-state index contributed by atoms with van der Waals surface area (Å²) < 4.78 is 47.0. The van der Waals surface area contributed by atoms with Crippen LogP contribution in [-0.2, 0) is 26.2 Å². The zero-order valence-corrected chi connectivity index (χ0v) is 23.3. The van der Waals surface area contributed by atoms with Gasteiger partial charge in [0.05, 0.1) is 17.7 Å². The second kappa shape index (κ2) is 13.2. The molecule has 1 unspecified atom stereocenters. The molecule has 0 saturated heterocycles. The van der Waals surface area contributed by atoms with Gasteiger partial charge in [-0.2, -0.15) is 0 Å². The molecule has 0 aliphatic carbocycles. The number of benzene rings is 3. The minimum atomic E-state index is -4.25. The van der Waals surface area contributed by atoms with Crippen molar-refractivity contribution in [2.24, 2.45) is 5.92 Å². The summed E-state index contributed by atoms with van der Waals surface area (Å²) in [5.74, 6) is -0.657. The zero-order chi connectivity index (χ0) is 28.6. The number of rotatable bonds is 12. The molecule has 39 heavy (non-hydrogen) atoms. The SMILES string of the molecule is COc1ccc(CN(C(=O)CN(c2ccccc2)S(=O)(=O)c2ccc(F)cc2)C(C)C(=O)NCC(C)C)cc1. The van der Waals surface area contributed by atoms with Crippen LogP contribution in [0.15, 0.2) is 83.8 Å². The smallest absolute Gasteiger partial charge is 0.264 e. The predicted molar refractivity (Wildman–Crippen MR) is 148 cm³/mol. The fourth-order valence-electron chi connectivity index (χ4n) is 3.82. The summed E-state index contributed by atoms with van der Waals surface area (Å²) in [6.45, 7) is 5.47. The quantitative estimate of drug-likeness (QED) is 0.361. The van der Waals surface area contributed by atoms with E-state index in [9.17, 15) is 22.4 Å². The van der Waals surface area contributed by atoms with Crippen LogP contribution in [0.5, 0.6) is 5.75 Å². The van der Waals surface area contributed by atoms with Crippen molar-refractivity contribution in [1.29, 1.82) is 0 Å². The van der Waals surface area contributed by atoms with Gasteiger partial charge in [0, 0.05) is 13.1 Å². The number of sulfonamides is 1. The molecule has 3 rings (SSSR count). The minimum Gasteiger partial charge on any atom is -0.497 e. The van der Waals surface area contributed by atoms with Crippen LogP contribution in [-0.4, -0.2) is 51.4 Å². The van der Waals surface area contributed by atoms with Gasteiger partial charge in [-0.1, -0.05) is 44.2 Å². The molecule has 0 heterocycles. The number of hydrogen-bond acceptors (Lipinski definition) is 5. The maximum atomic E-state index is 13.8. The number of nitrogens with one attached hydrogen (secondary N) is 1. The van der Waals surface area contributed by atoms with E-state index < -0.39 is 34.3 Å². The van der Waals surface area contributed by atoms with Gasteiger partial charge in [0.15, 0.2) is 0 Å². The molecule has 1 N–H and O–H groups in total. The zero-order valence-electron chi connectivity index (χ0n) is 22.5. The number of amides is 2. The van der Waals surface area contributed by atoms with Crippen molar-refractivity contribution in [2.75, 3.05) is 24.5 Å². The molecule has 0 aromatic heterocycles. The molecule has 3 aromatic rings. The number of anilines is 1. The lowest BCUT2D eigenvalue weighted by Crippen LogP contribution is -2.51. The monoisotopic (exact) mass is 555 g/mol. The van der Waals surface area contributed by atoms with E-state index in [-0.39, 0.29) is 29.0 Å². The van der Waals surface area contributed by atoms with Gasteiger partial charge in [0.25, 0.3) is 10.0 Å². The van der Waals surface area contributed by atoms with Gasteiger partial charge in [-0.25, -0.2) is 12.8 Å². The highest BCUT2D eigenvalue weighted by Crippen LogP contribution is 2.25. The molecule has 8 nitrogen and oxygen atoms in total. The number of halogens is 1. The largest absolute Gasteiger partial charge is 0.497 e. The van der Waals surface area contributed by atoms with Crippen LogP contribution in [0.2, 0.25) is 0 Å². The number of hydrogen-bond donors (Lipinski definition) is 1. The van der Waals surface area contributed by atoms with Gasteiger partial charge in [-0.05, 0) is 66.9 Å². The van der Waals surface area contributed by atoms with Crippen LogP contribution in [0.25, 0.3) is 0 Å². The molecular formula is C29H34FN3O5S. The van der Waals surface area contributed by atoms with Crippen molar-refractivity contribution in [1.82, 2.24) is 10.2 Å². The van der Waals surface area contributed by atoms with E-state index in [1.54, 1.807) is 68.6 Å². The van der Waals surface area contributed by atoms with E-state index in [1.165, 1.54) is 4.90 Å². The van der Waals surface area contributed by atoms with Crippen molar-refractivity contribution >= 4 is 27.5 Å². The first-order valence-electron chi connectivity index (χ1n) is 12.6. The third-order valence-corrected chi connectivity index (χ3v) is 7.88. The van der Waals surface area contributed by atoms with E-state index in [2.05, 4.69) is 5.32 Å². The second-order valence-corrected chi connectivity index (χ2v) is 11.3. The average molecular weight is 556 g/mol. The summed E-state index contributed by atoms with van der Waals surface area (Å²) in [7, 11) is -2.70. The van der Waals surface area contributed by atoms with Gasteiger partial charge in [0.1, 0.15) is 24.2 Å². The molecule has 208 valence electrons. The first-order chi connectivity index (χ1) is 18.5. The maximum Gasteiger partial charge on any atom is 0.264 e. The number of carbonyl (C=O) groups is 2. The summed E-state index contributed by atoms with van der Waals surface area (Å²) in [6, 6.07) is 18.8. The van der Waals surface area contributed by atoms with Crippen molar-refractivity contribution in [2.45, 2.75) is 38.3 Å². The highest BCUT2D eigenvalue weighted by Gasteiger charge is 2.32.